The smallest absolute Gasteiger partial charge is 0.148 e. The fourth-order valence-electron chi connectivity index (χ4n) is 1.64. The Bertz CT molecular complexity index is 402. The molecule has 0 aliphatic rings. The first-order valence-electron chi connectivity index (χ1n) is 6.89. The first-order valence-corrected chi connectivity index (χ1v) is 6.89. The van der Waals surface area contributed by atoms with Crippen LogP contribution in [0.1, 0.15) is 19.4 Å². The lowest BCUT2D eigenvalue weighted by Gasteiger charge is -2.09. The number of ether oxygens (including phenoxy) is 2. The highest BCUT2D eigenvalue weighted by Gasteiger charge is 2.06. The van der Waals surface area contributed by atoms with Gasteiger partial charge in [-0.15, -0.1) is 0 Å². The van der Waals surface area contributed by atoms with Crippen molar-refractivity contribution in [2.24, 2.45) is 5.16 Å². The van der Waals surface area contributed by atoms with E-state index >= 15 is 0 Å². The van der Waals surface area contributed by atoms with Crippen LogP contribution in [0.3, 0.4) is 0 Å². The van der Waals surface area contributed by atoms with E-state index in [4.69, 9.17) is 14.7 Å². The van der Waals surface area contributed by atoms with Gasteiger partial charge in [0, 0.05) is 7.11 Å². The number of methoxy groups -OCH3 is 1. The van der Waals surface area contributed by atoms with Crippen LogP contribution in [-0.2, 0) is 11.2 Å². The highest BCUT2D eigenvalue weighted by molar-refractivity contribution is 5.86. The van der Waals surface area contributed by atoms with E-state index in [1.165, 1.54) is 5.56 Å². The summed E-state index contributed by atoms with van der Waals surface area (Å²) in [5.74, 6) is 0.775. The van der Waals surface area contributed by atoms with Gasteiger partial charge in [0.1, 0.15) is 24.6 Å². The lowest BCUT2D eigenvalue weighted by Crippen LogP contribution is -2.90. The molecule has 0 aliphatic heterocycles. The summed E-state index contributed by atoms with van der Waals surface area (Å²) in [4.78, 5) is 0. The molecular formula is C15H25N2O3+. The fourth-order valence-corrected chi connectivity index (χ4v) is 1.64. The summed E-state index contributed by atoms with van der Waals surface area (Å²) in [5, 5.41) is 14.3. The van der Waals surface area contributed by atoms with Crippen molar-refractivity contribution < 1.29 is 20.0 Å². The van der Waals surface area contributed by atoms with Gasteiger partial charge in [0.2, 0.25) is 0 Å². The molecule has 0 spiro atoms. The molecule has 1 aromatic rings. The molecule has 1 rings (SSSR count). The molecule has 0 atom stereocenters. The molecule has 0 amide bonds. The van der Waals surface area contributed by atoms with Crippen molar-refractivity contribution in [3.63, 3.8) is 0 Å². The van der Waals surface area contributed by atoms with E-state index in [9.17, 15) is 0 Å². The van der Waals surface area contributed by atoms with Gasteiger partial charge in [-0.25, -0.2) is 0 Å². The number of benzene rings is 1. The van der Waals surface area contributed by atoms with Gasteiger partial charge in [0.25, 0.3) is 0 Å². The molecule has 0 aliphatic carbocycles. The minimum Gasteiger partial charge on any atom is -0.487 e. The van der Waals surface area contributed by atoms with Gasteiger partial charge in [0.05, 0.1) is 12.6 Å². The SMILES string of the molecule is COCCc1ccc(OC/C(C[NH2+]C(C)C)=N\O)cc1. The number of hydrogen-bond acceptors (Lipinski definition) is 4. The third-order valence-electron chi connectivity index (χ3n) is 2.89. The Hall–Kier alpha value is -1.59. The standard InChI is InChI=1S/C15H24N2O3/c1-12(2)16-10-14(17-18)11-20-15-6-4-13(5-7-15)8-9-19-3/h4-7,12,16,18H,8-11H2,1-3H3/p+1/b17-14-. The summed E-state index contributed by atoms with van der Waals surface area (Å²) in [6.07, 6.45) is 0.892. The summed E-state index contributed by atoms with van der Waals surface area (Å²) in [5.41, 5.74) is 1.84. The van der Waals surface area contributed by atoms with E-state index in [0.29, 0.717) is 31.5 Å². The number of quaternary nitrogens is 1. The van der Waals surface area contributed by atoms with Crippen LogP contribution in [0.4, 0.5) is 0 Å². The molecule has 0 radical (unpaired) electrons. The zero-order valence-corrected chi connectivity index (χ0v) is 12.5. The molecule has 3 N–H and O–H groups in total. The largest absolute Gasteiger partial charge is 0.487 e. The first-order chi connectivity index (χ1) is 9.65. The highest BCUT2D eigenvalue weighted by atomic mass is 16.5. The van der Waals surface area contributed by atoms with E-state index in [2.05, 4.69) is 24.3 Å². The van der Waals surface area contributed by atoms with Crippen LogP contribution in [0, 0.1) is 0 Å². The molecule has 1 aromatic carbocycles. The molecule has 5 nitrogen and oxygen atoms in total. The van der Waals surface area contributed by atoms with Crippen molar-refractivity contribution in [1.29, 1.82) is 0 Å². The topological polar surface area (TPSA) is 67.7 Å². The summed E-state index contributed by atoms with van der Waals surface area (Å²) >= 11 is 0. The van der Waals surface area contributed by atoms with E-state index in [-0.39, 0.29) is 0 Å². The predicted molar refractivity (Wildman–Crippen MR) is 78.7 cm³/mol. The van der Waals surface area contributed by atoms with Gasteiger partial charge in [-0.3, -0.25) is 0 Å². The molecule has 0 saturated carbocycles. The second-order valence-electron chi connectivity index (χ2n) is 5.03. The molecule has 112 valence electrons. The lowest BCUT2D eigenvalue weighted by molar-refractivity contribution is -0.670. The van der Waals surface area contributed by atoms with Crippen molar-refractivity contribution >= 4 is 5.71 Å². The summed E-state index contributed by atoms with van der Waals surface area (Å²) in [6.45, 7) is 5.84. The van der Waals surface area contributed by atoms with E-state index in [1.54, 1.807) is 7.11 Å². The minimum atomic E-state index is 0.303. The van der Waals surface area contributed by atoms with Crippen LogP contribution < -0.4 is 10.1 Å². The Balaban J connectivity index is 2.40. The van der Waals surface area contributed by atoms with Crippen LogP contribution in [-0.4, -0.2) is 43.8 Å². The Morgan fingerprint density at radius 3 is 2.55 bits per heavy atom. The van der Waals surface area contributed by atoms with Crippen molar-refractivity contribution in [3.8, 4) is 5.75 Å². The average Bonchev–Trinajstić information content (AvgIpc) is 2.46. The normalized spacial score (nSPS) is 11.9. The molecule has 0 fully saturated rings. The van der Waals surface area contributed by atoms with E-state index in [1.807, 2.05) is 24.3 Å². The fraction of sp³-hybridized carbons (Fsp3) is 0.533. The summed E-state index contributed by atoms with van der Waals surface area (Å²) in [7, 11) is 1.70. The van der Waals surface area contributed by atoms with E-state index in [0.717, 1.165) is 12.2 Å². The van der Waals surface area contributed by atoms with Crippen molar-refractivity contribution in [1.82, 2.24) is 0 Å². The average molecular weight is 281 g/mol. The maximum absolute atomic E-state index is 8.93. The number of oxime groups is 1. The van der Waals surface area contributed by atoms with Crippen LogP contribution in [0.5, 0.6) is 5.75 Å². The molecular weight excluding hydrogens is 256 g/mol. The number of nitrogens with zero attached hydrogens (tertiary/aromatic N) is 1. The molecule has 0 bridgehead atoms. The minimum absolute atomic E-state index is 0.303. The molecule has 0 unspecified atom stereocenters. The Kier molecular flexibility index (Phi) is 7.69. The maximum Gasteiger partial charge on any atom is 0.148 e. The van der Waals surface area contributed by atoms with Crippen LogP contribution in [0.25, 0.3) is 0 Å². The summed E-state index contributed by atoms with van der Waals surface area (Å²) in [6, 6.07) is 8.35. The van der Waals surface area contributed by atoms with Gasteiger partial charge < -0.3 is 20.0 Å². The maximum atomic E-state index is 8.93. The molecule has 5 heteroatoms. The Morgan fingerprint density at radius 2 is 2.00 bits per heavy atom. The van der Waals surface area contributed by atoms with Gasteiger partial charge in [-0.1, -0.05) is 17.3 Å². The second-order valence-corrected chi connectivity index (χ2v) is 5.03. The van der Waals surface area contributed by atoms with Gasteiger partial charge in [-0.05, 0) is 38.0 Å². The Morgan fingerprint density at radius 1 is 1.30 bits per heavy atom. The quantitative estimate of drug-likeness (QED) is 0.404. The van der Waals surface area contributed by atoms with Gasteiger partial charge in [-0.2, -0.15) is 0 Å². The van der Waals surface area contributed by atoms with Gasteiger partial charge >= 0.3 is 0 Å². The Labute approximate surface area is 120 Å². The van der Waals surface area contributed by atoms with E-state index < -0.39 is 0 Å². The third-order valence-corrected chi connectivity index (χ3v) is 2.89. The monoisotopic (exact) mass is 281 g/mol. The molecule has 0 aromatic heterocycles. The highest BCUT2D eigenvalue weighted by Crippen LogP contribution is 2.12. The van der Waals surface area contributed by atoms with Crippen LogP contribution >= 0.6 is 0 Å². The summed E-state index contributed by atoms with van der Waals surface area (Å²) < 4.78 is 10.6. The molecule has 0 heterocycles. The van der Waals surface area contributed by atoms with Crippen LogP contribution in [0.2, 0.25) is 0 Å². The number of rotatable bonds is 9. The second kappa shape index (κ2) is 9.34. The van der Waals surface area contributed by atoms with Crippen molar-refractivity contribution in [2.75, 3.05) is 26.9 Å². The van der Waals surface area contributed by atoms with Crippen molar-refractivity contribution in [3.05, 3.63) is 29.8 Å². The third kappa shape index (κ3) is 6.54. The molecule has 0 saturated heterocycles. The zero-order chi connectivity index (χ0) is 14.8. The van der Waals surface area contributed by atoms with Gasteiger partial charge in [0.15, 0.2) is 0 Å². The molecule has 20 heavy (non-hydrogen) atoms. The number of nitrogens with two attached hydrogens (primary N) is 1. The zero-order valence-electron chi connectivity index (χ0n) is 12.5. The van der Waals surface area contributed by atoms with Crippen molar-refractivity contribution in [2.45, 2.75) is 26.3 Å². The predicted octanol–water partition coefficient (Wildman–Crippen LogP) is 1.06. The first kappa shape index (κ1) is 16.5. The lowest BCUT2D eigenvalue weighted by atomic mass is 10.1. The number of hydrogen-bond donors (Lipinski definition) is 2. The van der Waals surface area contributed by atoms with Crippen LogP contribution in [0.15, 0.2) is 29.4 Å².